The molecular weight excluding hydrogens is 255 g/mol. The van der Waals surface area contributed by atoms with E-state index >= 15 is 0 Å². The van der Waals surface area contributed by atoms with Crippen molar-refractivity contribution in [3.05, 3.63) is 34.1 Å². The second kappa shape index (κ2) is 5.75. The zero-order chi connectivity index (χ0) is 14.6. The van der Waals surface area contributed by atoms with Gasteiger partial charge in [0.2, 0.25) is 0 Å². The molecule has 0 unspecified atom stereocenters. The number of hydrogen-bond donors (Lipinski definition) is 1. The normalized spacial score (nSPS) is 11.2. The Labute approximate surface area is 109 Å². The summed E-state index contributed by atoms with van der Waals surface area (Å²) in [6.07, 6.45) is 0. The lowest BCUT2D eigenvalue weighted by molar-refractivity contribution is -0.384. The number of benzene rings is 1. The van der Waals surface area contributed by atoms with Crippen LogP contribution < -0.4 is 5.32 Å². The zero-order valence-corrected chi connectivity index (χ0v) is 10.9. The molecule has 104 valence electrons. The predicted molar refractivity (Wildman–Crippen MR) is 67.4 cm³/mol. The fourth-order valence-electron chi connectivity index (χ4n) is 1.23. The SMILES string of the molecule is CC(C)(C)OCC(=O)Nc1ccc(F)cc1[N+](=O)[O-]. The van der Waals surface area contributed by atoms with Crippen molar-refractivity contribution in [3.63, 3.8) is 0 Å². The van der Waals surface area contributed by atoms with Crippen molar-refractivity contribution in [1.82, 2.24) is 0 Å². The summed E-state index contributed by atoms with van der Waals surface area (Å²) in [5.41, 5.74) is -1.05. The Morgan fingerprint density at radius 1 is 1.47 bits per heavy atom. The summed E-state index contributed by atoms with van der Waals surface area (Å²) in [7, 11) is 0. The number of rotatable bonds is 4. The van der Waals surface area contributed by atoms with Crippen LogP contribution in [0.3, 0.4) is 0 Å². The fourth-order valence-corrected chi connectivity index (χ4v) is 1.23. The molecule has 1 rings (SSSR count). The highest BCUT2D eigenvalue weighted by molar-refractivity contribution is 5.93. The highest BCUT2D eigenvalue weighted by Crippen LogP contribution is 2.24. The van der Waals surface area contributed by atoms with Crippen LogP contribution in [0.15, 0.2) is 18.2 Å². The van der Waals surface area contributed by atoms with Crippen LogP contribution in [0.2, 0.25) is 0 Å². The summed E-state index contributed by atoms with van der Waals surface area (Å²) < 4.78 is 18.1. The highest BCUT2D eigenvalue weighted by Gasteiger charge is 2.18. The second-order valence-electron chi connectivity index (χ2n) is 4.87. The van der Waals surface area contributed by atoms with Gasteiger partial charge in [-0.3, -0.25) is 14.9 Å². The number of ether oxygens (including phenoxy) is 1. The van der Waals surface area contributed by atoms with Crippen LogP contribution in [0.25, 0.3) is 0 Å². The molecule has 0 aliphatic carbocycles. The topological polar surface area (TPSA) is 81.5 Å². The lowest BCUT2D eigenvalue weighted by Gasteiger charge is -2.18. The van der Waals surface area contributed by atoms with Gasteiger partial charge in [0, 0.05) is 0 Å². The number of nitrogens with zero attached hydrogens (tertiary/aromatic N) is 1. The maximum absolute atomic E-state index is 12.9. The van der Waals surface area contributed by atoms with E-state index in [4.69, 9.17) is 4.74 Å². The van der Waals surface area contributed by atoms with Crippen molar-refractivity contribution in [2.45, 2.75) is 26.4 Å². The molecule has 1 aromatic carbocycles. The van der Waals surface area contributed by atoms with Gasteiger partial charge in [0.1, 0.15) is 18.1 Å². The fraction of sp³-hybridized carbons (Fsp3) is 0.417. The lowest BCUT2D eigenvalue weighted by atomic mass is 10.2. The Balaban J connectivity index is 2.77. The molecule has 1 N–H and O–H groups in total. The van der Waals surface area contributed by atoms with Gasteiger partial charge in [-0.15, -0.1) is 0 Å². The molecule has 0 bridgehead atoms. The monoisotopic (exact) mass is 270 g/mol. The molecule has 0 aromatic heterocycles. The number of anilines is 1. The molecule has 7 heteroatoms. The predicted octanol–water partition coefficient (Wildman–Crippen LogP) is 2.49. The maximum atomic E-state index is 12.9. The van der Waals surface area contributed by atoms with E-state index in [9.17, 15) is 19.3 Å². The summed E-state index contributed by atoms with van der Waals surface area (Å²) >= 11 is 0. The summed E-state index contributed by atoms with van der Waals surface area (Å²) in [5, 5.41) is 13.0. The van der Waals surface area contributed by atoms with Crippen molar-refractivity contribution >= 4 is 17.3 Å². The van der Waals surface area contributed by atoms with Crippen molar-refractivity contribution in [2.75, 3.05) is 11.9 Å². The third-order valence-electron chi connectivity index (χ3n) is 2.07. The van der Waals surface area contributed by atoms with Crippen LogP contribution in [-0.4, -0.2) is 23.0 Å². The van der Waals surface area contributed by atoms with Crippen LogP contribution in [-0.2, 0) is 9.53 Å². The summed E-state index contributed by atoms with van der Waals surface area (Å²) in [4.78, 5) is 21.5. The first-order valence-corrected chi connectivity index (χ1v) is 5.57. The van der Waals surface area contributed by atoms with E-state index in [0.717, 1.165) is 18.2 Å². The number of carbonyl (C=O) groups is 1. The van der Waals surface area contributed by atoms with Gasteiger partial charge in [-0.2, -0.15) is 0 Å². The van der Waals surface area contributed by atoms with E-state index in [-0.39, 0.29) is 12.3 Å². The molecular formula is C12H15FN2O4. The molecule has 1 aromatic rings. The Kier molecular flexibility index (Phi) is 4.55. The summed E-state index contributed by atoms with van der Waals surface area (Å²) in [6, 6.07) is 2.93. The minimum atomic E-state index is -0.761. The van der Waals surface area contributed by atoms with Crippen LogP contribution in [0.5, 0.6) is 0 Å². The highest BCUT2D eigenvalue weighted by atomic mass is 19.1. The summed E-state index contributed by atoms with van der Waals surface area (Å²) in [6.45, 7) is 5.10. The third kappa shape index (κ3) is 5.01. The van der Waals surface area contributed by atoms with E-state index in [1.165, 1.54) is 0 Å². The standard InChI is InChI=1S/C12H15FN2O4/c1-12(2,3)19-7-11(16)14-9-5-4-8(13)6-10(9)15(17)18/h4-6H,7H2,1-3H3,(H,14,16). The average molecular weight is 270 g/mol. The molecule has 6 nitrogen and oxygen atoms in total. The molecule has 1 amide bonds. The van der Waals surface area contributed by atoms with E-state index < -0.39 is 27.9 Å². The minimum Gasteiger partial charge on any atom is -0.366 e. The molecule has 0 atom stereocenters. The molecule has 0 spiro atoms. The van der Waals surface area contributed by atoms with Gasteiger partial charge in [0.15, 0.2) is 0 Å². The molecule has 0 saturated heterocycles. The van der Waals surface area contributed by atoms with Crippen LogP contribution in [0.4, 0.5) is 15.8 Å². The Morgan fingerprint density at radius 2 is 2.11 bits per heavy atom. The molecule has 0 aliphatic rings. The molecule has 19 heavy (non-hydrogen) atoms. The van der Waals surface area contributed by atoms with Crippen molar-refractivity contribution < 1.29 is 18.8 Å². The minimum absolute atomic E-state index is 0.0612. The number of halogens is 1. The van der Waals surface area contributed by atoms with Gasteiger partial charge >= 0.3 is 0 Å². The van der Waals surface area contributed by atoms with Crippen molar-refractivity contribution in [2.24, 2.45) is 0 Å². The van der Waals surface area contributed by atoms with E-state index in [1.54, 1.807) is 20.8 Å². The van der Waals surface area contributed by atoms with Gasteiger partial charge in [-0.1, -0.05) is 0 Å². The Hall–Kier alpha value is -2.02. The van der Waals surface area contributed by atoms with Gasteiger partial charge in [0.25, 0.3) is 11.6 Å². The van der Waals surface area contributed by atoms with Crippen LogP contribution in [0.1, 0.15) is 20.8 Å². The average Bonchev–Trinajstić information content (AvgIpc) is 2.28. The molecule has 0 fully saturated rings. The number of nitro groups is 1. The maximum Gasteiger partial charge on any atom is 0.295 e. The molecule has 0 heterocycles. The number of nitro benzene ring substituents is 1. The third-order valence-corrected chi connectivity index (χ3v) is 2.07. The first-order chi connectivity index (χ1) is 8.69. The number of carbonyl (C=O) groups excluding carboxylic acids is 1. The number of nitrogens with one attached hydrogen (secondary N) is 1. The van der Waals surface area contributed by atoms with Gasteiger partial charge in [-0.25, -0.2) is 4.39 Å². The van der Waals surface area contributed by atoms with E-state index in [0.29, 0.717) is 0 Å². The quantitative estimate of drug-likeness (QED) is 0.673. The van der Waals surface area contributed by atoms with Crippen molar-refractivity contribution in [1.29, 1.82) is 0 Å². The molecule has 0 radical (unpaired) electrons. The Bertz CT molecular complexity index is 497. The first-order valence-electron chi connectivity index (χ1n) is 5.57. The van der Waals surface area contributed by atoms with E-state index in [1.807, 2.05) is 0 Å². The largest absolute Gasteiger partial charge is 0.366 e. The summed E-state index contributed by atoms with van der Waals surface area (Å²) in [5.74, 6) is -1.28. The van der Waals surface area contributed by atoms with Gasteiger partial charge < -0.3 is 10.1 Å². The number of hydrogen-bond acceptors (Lipinski definition) is 4. The van der Waals surface area contributed by atoms with E-state index in [2.05, 4.69) is 5.32 Å². The Morgan fingerprint density at radius 3 is 2.63 bits per heavy atom. The smallest absolute Gasteiger partial charge is 0.295 e. The molecule has 0 saturated carbocycles. The van der Waals surface area contributed by atoms with Gasteiger partial charge in [0.05, 0.1) is 16.6 Å². The molecule has 0 aliphatic heterocycles. The zero-order valence-electron chi connectivity index (χ0n) is 10.9. The second-order valence-corrected chi connectivity index (χ2v) is 4.87. The van der Waals surface area contributed by atoms with Crippen molar-refractivity contribution in [3.8, 4) is 0 Å². The lowest BCUT2D eigenvalue weighted by Crippen LogP contribution is -2.27. The first kappa shape index (κ1) is 15.0. The number of amides is 1. The van der Waals surface area contributed by atoms with Crippen LogP contribution in [0, 0.1) is 15.9 Å². The van der Waals surface area contributed by atoms with Crippen LogP contribution >= 0.6 is 0 Å². The van der Waals surface area contributed by atoms with Gasteiger partial charge in [-0.05, 0) is 32.9 Å².